The van der Waals surface area contributed by atoms with Crippen molar-refractivity contribution >= 4 is 22.6 Å². The van der Waals surface area contributed by atoms with Gasteiger partial charge in [-0.2, -0.15) is 17.0 Å². The Morgan fingerprint density at radius 1 is 1.38 bits per heavy atom. The summed E-state index contributed by atoms with van der Waals surface area (Å²) < 4.78 is 27.2. The van der Waals surface area contributed by atoms with E-state index in [1.165, 1.54) is 8.61 Å². The van der Waals surface area contributed by atoms with E-state index in [1.807, 2.05) is 13.8 Å². The molecule has 1 rings (SSSR count). The first-order chi connectivity index (χ1) is 7.02. The lowest BCUT2D eigenvalue weighted by molar-refractivity contribution is 0.288. The van der Waals surface area contributed by atoms with Crippen molar-refractivity contribution in [3.05, 3.63) is 0 Å². The largest absolute Gasteiger partial charge is 0.327 e. The number of nitrogens with two attached hydrogens (primary N) is 1. The third-order valence-electron chi connectivity index (χ3n) is 2.78. The highest BCUT2D eigenvalue weighted by atomic mass is 35.5. The van der Waals surface area contributed by atoms with Gasteiger partial charge in [-0.3, -0.25) is 0 Å². The molecule has 1 fully saturated rings. The van der Waals surface area contributed by atoms with Crippen LogP contribution in [0.5, 0.6) is 0 Å². The standard InChI is InChI=1S/C9H21N3O2S.ClH/c1-3-11(4-2)15(13,14)12-7-5-6-9(10)8-12;/h9H,3-8,10H2,1-2H3;1H/t9-;/m0./s1. The first kappa shape index (κ1) is 16.1. The molecule has 1 aliphatic rings. The average molecular weight is 272 g/mol. The lowest BCUT2D eigenvalue weighted by atomic mass is 10.1. The Labute approximate surface area is 105 Å². The molecule has 0 saturated carbocycles. The van der Waals surface area contributed by atoms with Crippen LogP contribution in [0.3, 0.4) is 0 Å². The Hall–Kier alpha value is 0.120. The highest BCUT2D eigenvalue weighted by Crippen LogP contribution is 2.15. The van der Waals surface area contributed by atoms with Crippen molar-refractivity contribution < 1.29 is 8.42 Å². The summed E-state index contributed by atoms with van der Waals surface area (Å²) in [5.74, 6) is 0. The van der Waals surface area contributed by atoms with E-state index in [0.29, 0.717) is 26.2 Å². The van der Waals surface area contributed by atoms with Crippen molar-refractivity contribution in [3.63, 3.8) is 0 Å². The van der Waals surface area contributed by atoms with E-state index >= 15 is 0 Å². The van der Waals surface area contributed by atoms with Gasteiger partial charge in [-0.05, 0) is 12.8 Å². The Morgan fingerprint density at radius 2 is 1.94 bits per heavy atom. The van der Waals surface area contributed by atoms with Crippen molar-refractivity contribution in [1.29, 1.82) is 0 Å². The molecule has 0 aromatic heterocycles. The summed E-state index contributed by atoms with van der Waals surface area (Å²) in [6, 6.07) is -0.0101. The quantitative estimate of drug-likeness (QED) is 0.806. The van der Waals surface area contributed by atoms with Crippen LogP contribution in [0.25, 0.3) is 0 Å². The molecule has 0 unspecified atom stereocenters. The Balaban J connectivity index is 0.00000225. The Bertz CT molecular complexity index is 293. The molecule has 1 aliphatic heterocycles. The van der Waals surface area contributed by atoms with Crippen molar-refractivity contribution in [3.8, 4) is 0 Å². The molecule has 0 aliphatic carbocycles. The lowest BCUT2D eigenvalue weighted by Gasteiger charge is -2.33. The maximum atomic E-state index is 12.1. The minimum atomic E-state index is -3.27. The molecule has 2 N–H and O–H groups in total. The van der Waals surface area contributed by atoms with Gasteiger partial charge in [0.05, 0.1) is 0 Å². The highest BCUT2D eigenvalue weighted by molar-refractivity contribution is 7.86. The third kappa shape index (κ3) is 3.56. The van der Waals surface area contributed by atoms with E-state index in [0.717, 1.165) is 12.8 Å². The number of hydrogen-bond donors (Lipinski definition) is 1. The molecule has 0 aromatic rings. The molecule has 1 atom stereocenters. The zero-order chi connectivity index (χ0) is 11.5. The molecule has 1 heterocycles. The van der Waals surface area contributed by atoms with Gasteiger partial charge >= 0.3 is 0 Å². The number of hydrogen-bond acceptors (Lipinski definition) is 3. The smallest absolute Gasteiger partial charge is 0.282 e. The SMILES string of the molecule is CCN(CC)S(=O)(=O)N1CCC[C@H](N)C1.Cl. The first-order valence-electron chi connectivity index (χ1n) is 5.53. The van der Waals surface area contributed by atoms with Crippen molar-refractivity contribution in [2.75, 3.05) is 26.2 Å². The zero-order valence-electron chi connectivity index (χ0n) is 9.92. The molecule has 16 heavy (non-hydrogen) atoms. The summed E-state index contributed by atoms with van der Waals surface area (Å²) in [5, 5.41) is 0. The van der Waals surface area contributed by atoms with Crippen molar-refractivity contribution in [2.24, 2.45) is 5.73 Å². The molecule has 1 saturated heterocycles. The zero-order valence-corrected chi connectivity index (χ0v) is 11.6. The second-order valence-corrected chi connectivity index (χ2v) is 5.78. The monoisotopic (exact) mass is 271 g/mol. The van der Waals surface area contributed by atoms with Crippen LogP contribution in [0.4, 0.5) is 0 Å². The van der Waals surface area contributed by atoms with Crippen LogP contribution in [0.2, 0.25) is 0 Å². The number of halogens is 1. The normalized spacial score (nSPS) is 23.1. The van der Waals surface area contributed by atoms with Crippen LogP contribution in [-0.2, 0) is 10.2 Å². The van der Waals surface area contributed by atoms with Crippen LogP contribution in [0.1, 0.15) is 26.7 Å². The molecule has 0 aromatic carbocycles. The van der Waals surface area contributed by atoms with Crippen molar-refractivity contribution in [1.82, 2.24) is 8.61 Å². The number of piperidine rings is 1. The lowest BCUT2D eigenvalue weighted by Crippen LogP contribution is -2.51. The molecule has 0 radical (unpaired) electrons. The molecule has 5 nitrogen and oxygen atoms in total. The van der Waals surface area contributed by atoms with Crippen LogP contribution in [0.15, 0.2) is 0 Å². The van der Waals surface area contributed by atoms with Gasteiger partial charge < -0.3 is 5.73 Å². The predicted octanol–water partition coefficient (Wildman–Crippen LogP) is 0.418. The van der Waals surface area contributed by atoms with Crippen LogP contribution < -0.4 is 5.73 Å². The Kier molecular flexibility index (Phi) is 6.81. The summed E-state index contributed by atoms with van der Waals surface area (Å²) >= 11 is 0. The fraction of sp³-hybridized carbons (Fsp3) is 1.00. The maximum absolute atomic E-state index is 12.1. The van der Waals surface area contributed by atoms with Crippen LogP contribution in [-0.4, -0.2) is 49.2 Å². The minimum absolute atomic E-state index is 0. The number of nitrogens with zero attached hydrogens (tertiary/aromatic N) is 2. The fourth-order valence-electron chi connectivity index (χ4n) is 1.90. The molecule has 7 heteroatoms. The van der Waals surface area contributed by atoms with E-state index in [4.69, 9.17) is 5.73 Å². The molecule has 98 valence electrons. The van der Waals surface area contributed by atoms with Crippen LogP contribution >= 0.6 is 12.4 Å². The van der Waals surface area contributed by atoms with Gasteiger partial charge in [-0.25, -0.2) is 0 Å². The van der Waals surface area contributed by atoms with Gasteiger partial charge in [0.25, 0.3) is 10.2 Å². The summed E-state index contributed by atoms with van der Waals surface area (Å²) in [7, 11) is -3.27. The fourth-order valence-corrected chi connectivity index (χ4v) is 3.62. The predicted molar refractivity (Wildman–Crippen MR) is 67.9 cm³/mol. The van der Waals surface area contributed by atoms with E-state index < -0.39 is 10.2 Å². The summed E-state index contributed by atoms with van der Waals surface area (Å²) in [4.78, 5) is 0. The van der Waals surface area contributed by atoms with Gasteiger partial charge in [0.2, 0.25) is 0 Å². The van der Waals surface area contributed by atoms with Gasteiger partial charge in [0, 0.05) is 32.2 Å². The molecule has 0 bridgehead atoms. The average Bonchev–Trinajstić information content (AvgIpc) is 2.19. The number of rotatable bonds is 4. The van der Waals surface area contributed by atoms with Gasteiger partial charge in [-0.15, -0.1) is 12.4 Å². The van der Waals surface area contributed by atoms with E-state index in [-0.39, 0.29) is 18.4 Å². The van der Waals surface area contributed by atoms with E-state index in [2.05, 4.69) is 0 Å². The van der Waals surface area contributed by atoms with E-state index in [1.54, 1.807) is 0 Å². The Morgan fingerprint density at radius 3 is 2.38 bits per heavy atom. The van der Waals surface area contributed by atoms with Gasteiger partial charge in [0.15, 0.2) is 0 Å². The molecular formula is C9H22ClN3O2S. The maximum Gasteiger partial charge on any atom is 0.282 e. The second kappa shape index (κ2) is 6.76. The van der Waals surface area contributed by atoms with Gasteiger partial charge in [0.1, 0.15) is 0 Å². The summed E-state index contributed by atoms with van der Waals surface area (Å²) in [6.07, 6.45) is 1.78. The molecular weight excluding hydrogens is 250 g/mol. The summed E-state index contributed by atoms with van der Waals surface area (Å²) in [5.41, 5.74) is 5.78. The van der Waals surface area contributed by atoms with Crippen LogP contribution in [0, 0.1) is 0 Å². The minimum Gasteiger partial charge on any atom is -0.327 e. The summed E-state index contributed by atoms with van der Waals surface area (Å²) in [6.45, 7) is 5.80. The topological polar surface area (TPSA) is 66.6 Å². The molecule has 0 spiro atoms. The first-order valence-corrected chi connectivity index (χ1v) is 6.92. The van der Waals surface area contributed by atoms with Crippen molar-refractivity contribution in [2.45, 2.75) is 32.7 Å². The highest BCUT2D eigenvalue weighted by Gasteiger charge is 2.30. The van der Waals surface area contributed by atoms with Gasteiger partial charge in [-0.1, -0.05) is 13.8 Å². The molecule has 0 amide bonds. The third-order valence-corrected chi connectivity index (χ3v) is 4.93. The second-order valence-electron chi connectivity index (χ2n) is 3.85. The van der Waals surface area contributed by atoms with E-state index in [9.17, 15) is 8.42 Å².